The van der Waals surface area contributed by atoms with Crippen molar-refractivity contribution in [2.75, 3.05) is 28.8 Å². The number of nitrogens with one attached hydrogen (secondary N) is 3. The van der Waals surface area contributed by atoms with Crippen LogP contribution >= 0.6 is 23.1 Å². The lowest BCUT2D eigenvalue weighted by molar-refractivity contribution is -0.116. The summed E-state index contributed by atoms with van der Waals surface area (Å²) in [5.41, 5.74) is 3.59. The molecule has 0 bridgehead atoms. The molecule has 172 valence electrons. The van der Waals surface area contributed by atoms with E-state index in [4.69, 9.17) is 4.74 Å². The molecule has 10 heteroatoms. The molecule has 0 aliphatic carbocycles. The lowest BCUT2D eigenvalue weighted by Crippen LogP contribution is -2.15. The Balaban J connectivity index is 1.45. The van der Waals surface area contributed by atoms with E-state index < -0.39 is 0 Å². The number of thioether (sulfide) groups is 1. The minimum atomic E-state index is -0.170. The van der Waals surface area contributed by atoms with Gasteiger partial charge in [-0.1, -0.05) is 11.8 Å². The monoisotopic (exact) mass is 484 g/mol. The van der Waals surface area contributed by atoms with Crippen LogP contribution in [0.5, 0.6) is 5.75 Å². The molecule has 3 aromatic rings. The van der Waals surface area contributed by atoms with Gasteiger partial charge in [-0.15, -0.1) is 11.3 Å². The summed E-state index contributed by atoms with van der Waals surface area (Å²) in [6, 6.07) is 12.3. The minimum absolute atomic E-state index is 0.148. The maximum Gasteiger partial charge on any atom is 0.234 e. The van der Waals surface area contributed by atoms with Gasteiger partial charge in [-0.3, -0.25) is 14.4 Å². The van der Waals surface area contributed by atoms with Gasteiger partial charge in [-0.2, -0.15) is 0 Å². The van der Waals surface area contributed by atoms with Crippen LogP contribution in [-0.4, -0.2) is 35.6 Å². The number of carbonyl (C=O) groups excluding carboxylic acids is 3. The first kappa shape index (κ1) is 24.3. The molecule has 0 aliphatic heterocycles. The largest absolute Gasteiger partial charge is 0.496 e. The van der Waals surface area contributed by atoms with Crippen LogP contribution in [0.3, 0.4) is 0 Å². The molecule has 3 N–H and O–H groups in total. The fourth-order valence-corrected chi connectivity index (χ4v) is 4.57. The van der Waals surface area contributed by atoms with E-state index in [1.54, 1.807) is 37.4 Å². The summed E-state index contributed by atoms with van der Waals surface area (Å²) in [5.74, 6) is 0.468. The fourth-order valence-electron chi connectivity index (χ4n) is 2.93. The molecule has 8 nitrogen and oxygen atoms in total. The van der Waals surface area contributed by atoms with Crippen molar-refractivity contribution in [2.45, 2.75) is 24.6 Å². The highest BCUT2D eigenvalue weighted by Gasteiger charge is 2.11. The Bertz CT molecular complexity index is 1150. The van der Waals surface area contributed by atoms with Crippen molar-refractivity contribution in [3.8, 4) is 5.75 Å². The van der Waals surface area contributed by atoms with Crippen molar-refractivity contribution < 1.29 is 19.1 Å². The van der Waals surface area contributed by atoms with Gasteiger partial charge in [-0.05, 0) is 55.0 Å². The molecule has 0 unspecified atom stereocenters. The molecule has 1 aromatic heterocycles. The second-order valence-electron chi connectivity index (χ2n) is 7.11. The number of thiazole rings is 1. The maximum absolute atomic E-state index is 12.3. The molecule has 2 aromatic carbocycles. The average Bonchev–Trinajstić information content (AvgIpc) is 3.20. The predicted molar refractivity (Wildman–Crippen MR) is 132 cm³/mol. The quantitative estimate of drug-likeness (QED) is 0.390. The lowest BCUT2D eigenvalue weighted by Gasteiger charge is -2.08. The fraction of sp³-hybridized carbons (Fsp3) is 0.217. The topological polar surface area (TPSA) is 109 Å². The van der Waals surface area contributed by atoms with E-state index in [9.17, 15) is 14.4 Å². The maximum atomic E-state index is 12.3. The number of carbonyl (C=O) groups is 3. The Labute approximate surface area is 200 Å². The van der Waals surface area contributed by atoms with Gasteiger partial charge in [0, 0.05) is 29.4 Å². The number of aromatic nitrogens is 1. The summed E-state index contributed by atoms with van der Waals surface area (Å²) in [6.07, 6.45) is 0.148. The van der Waals surface area contributed by atoms with Gasteiger partial charge in [-0.25, -0.2) is 4.98 Å². The van der Waals surface area contributed by atoms with E-state index >= 15 is 0 Å². The smallest absolute Gasteiger partial charge is 0.234 e. The van der Waals surface area contributed by atoms with Crippen LogP contribution in [0.15, 0.2) is 52.2 Å². The van der Waals surface area contributed by atoms with Crippen molar-refractivity contribution in [2.24, 2.45) is 0 Å². The van der Waals surface area contributed by atoms with Crippen LogP contribution < -0.4 is 20.7 Å². The molecule has 1 heterocycles. The number of benzene rings is 2. The second kappa shape index (κ2) is 11.5. The first-order chi connectivity index (χ1) is 15.8. The third kappa shape index (κ3) is 7.62. The zero-order chi connectivity index (χ0) is 23.8. The number of hydrogen-bond donors (Lipinski definition) is 3. The number of hydrogen-bond acceptors (Lipinski definition) is 7. The van der Waals surface area contributed by atoms with Crippen LogP contribution in [0.4, 0.5) is 17.1 Å². The number of ether oxygens (including phenoxy) is 1. The van der Waals surface area contributed by atoms with E-state index in [-0.39, 0.29) is 29.9 Å². The molecule has 33 heavy (non-hydrogen) atoms. The van der Waals surface area contributed by atoms with Crippen molar-refractivity contribution in [1.82, 2.24) is 4.98 Å². The Morgan fingerprint density at radius 1 is 0.970 bits per heavy atom. The van der Waals surface area contributed by atoms with Gasteiger partial charge in [0.05, 0.1) is 25.0 Å². The molecule has 0 fully saturated rings. The summed E-state index contributed by atoms with van der Waals surface area (Å²) < 4.78 is 5.94. The van der Waals surface area contributed by atoms with E-state index in [2.05, 4.69) is 20.9 Å². The van der Waals surface area contributed by atoms with E-state index in [0.717, 1.165) is 11.3 Å². The van der Waals surface area contributed by atoms with Crippen LogP contribution in [0.1, 0.15) is 18.2 Å². The molecule has 0 radical (unpaired) electrons. The summed E-state index contributed by atoms with van der Waals surface area (Å²) >= 11 is 2.71. The Morgan fingerprint density at radius 3 is 2.24 bits per heavy atom. The van der Waals surface area contributed by atoms with Crippen LogP contribution in [-0.2, 0) is 20.8 Å². The van der Waals surface area contributed by atoms with Gasteiger partial charge >= 0.3 is 0 Å². The van der Waals surface area contributed by atoms with Gasteiger partial charge in [0.25, 0.3) is 0 Å². The molecule has 0 aliphatic rings. The van der Waals surface area contributed by atoms with Crippen LogP contribution in [0, 0.1) is 6.92 Å². The molecule has 0 saturated carbocycles. The number of rotatable bonds is 9. The first-order valence-corrected chi connectivity index (χ1v) is 11.9. The average molecular weight is 485 g/mol. The highest BCUT2D eigenvalue weighted by Crippen LogP contribution is 2.24. The number of nitrogens with zero attached hydrogens (tertiary/aromatic N) is 1. The number of aryl methyl sites for hydroxylation is 1. The standard InChI is InChI=1S/C23H24N4O4S2/c1-14-10-18(8-9-20(14)31-3)26-21(29)11-19-12-32-23(27-19)33-13-22(30)25-17-6-4-16(5-7-17)24-15(2)28/h4-10,12H,11,13H2,1-3H3,(H,24,28)(H,25,30)(H,26,29). The zero-order valence-electron chi connectivity index (χ0n) is 18.4. The van der Waals surface area contributed by atoms with Crippen molar-refractivity contribution in [1.29, 1.82) is 0 Å². The molecular formula is C23H24N4O4S2. The van der Waals surface area contributed by atoms with E-state index in [0.29, 0.717) is 27.1 Å². The number of anilines is 3. The van der Waals surface area contributed by atoms with Crippen molar-refractivity contribution in [3.05, 3.63) is 59.1 Å². The van der Waals surface area contributed by atoms with Gasteiger partial charge in [0.2, 0.25) is 17.7 Å². The minimum Gasteiger partial charge on any atom is -0.496 e. The normalized spacial score (nSPS) is 10.4. The highest BCUT2D eigenvalue weighted by molar-refractivity contribution is 8.01. The van der Waals surface area contributed by atoms with Gasteiger partial charge in [0.15, 0.2) is 4.34 Å². The van der Waals surface area contributed by atoms with Crippen molar-refractivity contribution >= 4 is 57.9 Å². The van der Waals surface area contributed by atoms with Crippen LogP contribution in [0.25, 0.3) is 0 Å². The Kier molecular flexibility index (Phi) is 8.45. The third-order valence-corrected chi connectivity index (χ3v) is 6.44. The Morgan fingerprint density at radius 2 is 1.61 bits per heavy atom. The molecule has 0 spiro atoms. The molecule has 0 atom stereocenters. The number of methoxy groups -OCH3 is 1. The van der Waals surface area contributed by atoms with Gasteiger partial charge in [0.1, 0.15) is 5.75 Å². The predicted octanol–water partition coefficient (Wildman–Crippen LogP) is 4.33. The third-order valence-electron chi connectivity index (χ3n) is 4.37. The molecule has 3 rings (SSSR count). The molecule has 3 amide bonds. The lowest BCUT2D eigenvalue weighted by atomic mass is 10.2. The van der Waals surface area contributed by atoms with Crippen LogP contribution in [0.2, 0.25) is 0 Å². The summed E-state index contributed by atoms with van der Waals surface area (Å²) in [6.45, 7) is 3.35. The summed E-state index contributed by atoms with van der Waals surface area (Å²) in [7, 11) is 1.61. The van der Waals surface area contributed by atoms with E-state index in [1.165, 1.54) is 30.0 Å². The van der Waals surface area contributed by atoms with Gasteiger partial charge < -0.3 is 20.7 Å². The SMILES string of the molecule is COc1ccc(NC(=O)Cc2csc(SCC(=O)Nc3ccc(NC(C)=O)cc3)n2)cc1C. The summed E-state index contributed by atoms with van der Waals surface area (Å²) in [4.78, 5) is 40.0. The van der Waals surface area contributed by atoms with E-state index in [1.807, 2.05) is 24.4 Å². The second-order valence-corrected chi connectivity index (χ2v) is 9.19. The molecular weight excluding hydrogens is 460 g/mol. The summed E-state index contributed by atoms with van der Waals surface area (Å²) in [5, 5.41) is 10.2. The molecule has 0 saturated heterocycles. The zero-order valence-corrected chi connectivity index (χ0v) is 20.1. The Hall–Kier alpha value is -3.37. The highest BCUT2D eigenvalue weighted by atomic mass is 32.2. The number of amides is 3. The first-order valence-electron chi connectivity index (χ1n) is 10.0. The van der Waals surface area contributed by atoms with Crippen molar-refractivity contribution in [3.63, 3.8) is 0 Å².